The minimum atomic E-state index is -0.119. The van der Waals surface area contributed by atoms with Crippen LogP contribution in [0.2, 0.25) is 0 Å². The fourth-order valence-corrected chi connectivity index (χ4v) is 2.24. The molecule has 0 heterocycles. The molecule has 0 bridgehead atoms. The molecule has 88 valence electrons. The zero-order chi connectivity index (χ0) is 11.4. The molecular weight excluding hydrogens is 202 g/mol. The highest BCUT2D eigenvalue weighted by atomic mass is 16.3. The number of anilines is 1. The SMILES string of the molecule is OCc1ccccc1NC1CCC(O)CC1. The number of hydrogen-bond acceptors (Lipinski definition) is 3. The molecule has 0 unspecified atom stereocenters. The standard InChI is InChI=1S/C13H19NO2/c15-9-10-3-1-2-4-13(10)14-11-5-7-12(16)8-6-11/h1-4,11-12,14-16H,5-9H2. The molecule has 3 N–H and O–H groups in total. The first-order valence-electron chi connectivity index (χ1n) is 5.93. The summed E-state index contributed by atoms with van der Waals surface area (Å²) >= 11 is 0. The quantitative estimate of drug-likeness (QED) is 0.730. The molecular formula is C13H19NO2. The number of aliphatic hydroxyl groups is 2. The molecule has 0 aromatic heterocycles. The third-order valence-corrected chi connectivity index (χ3v) is 3.24. The summed E-state index contributed by atoms with van der Waals surface area (Å²) in [6.45, 7) is 0.0680. The summed E-state index contributed by atoms with van der Waals surface area (Å²) in [6.07, 6.45) is 3.63. The molecule has 2 rings (SSSR count). The monoisotopic (exact) mass is 221 g/mol. The molecule has 0 radical (unpaired) electrons. The van der Waals surface area contributed by atoms with Crippen LogP contribution in [0.15, 0.2) is 24.3 Å². The molecule has 0 saturated heterocycles. The zero-order valence-electron chi connectivity index (χ0n) is 9.39. The van der Waals surface area contributed by atoms with E-state index in [-0.39, 0.29) is 12.7 Å². The van der Waals surface area contributed by atoms with Crippen LogP contribution < -0.4 is 5.32 Å². The Kier molecular flexibility index (Phi) is 3.80. The summed E-state index contributed by atoms with van der Waals surface area (Å²) < 4.78 is 0. The third kappa shape index (κ3) is 2.74. The highest BCUT2D eigenvalue weighted by Crippen LogP contribution is 2.24. The fraction of sp³-hybridized carbons (Fsp3) is 0.538. The van der Waals surface area contributed by atoms with Crippen LogP contribution in [-0.4, -0.2) is 22.4 Å². The summed E-state index contributed by atoms with van der Waals surface area (Å²) in [7, 11) is 0. The second-order valence-electron chi connectivity index (χ2n) is 4.47. The maximum atomic E-state index is 9.43. The molecule has 0 aliphatic heterocycles. The van der Waals surface area contributed by atoms with E-state index in [0.29, 0.717) is 6.04 Å². The van der Waals surface area contributed by atoms with Gasteiger partial charge < -0.3 is 15.5 Å². The lowest BCUT2D eigenvalue weighted by molar-refractivity contribution is 0.126. The number of aliphatic hydroxyl groups excluding tert-OH is 2. The van der Waals surface area contributed by atoms with Gasteiger partial charge in [0, 0.05) is 17.3 Å². The Balaban J connectivity index is 1.98. The van der Waals surface area contributed by atoms with Crippen LogP contribution in [0.4, 0.5) is 5.69 Å². The Labute approximate surface area is 96.1 Å². The molecule has 0 amide bonds. The number of para-hydroxylation sites is 1. The van der Waals surface area contributed by atoms with Crippen LogP contribution in [-0.2, 0) is 6.61 Å². The number of nitrogens with one attached hydrogen (secondary N) is 1. The van der Waals surface area contributed by atoms with Gasteiger partial charge in [-0.3, -0.25) is 0 Å². The maximum Gasteiger partial charge on any atom is 0.0701 e. The van der Waals surface area contributed by atoms with Crippen molar-refractivity contribution in [3.05, 3.63) is 29.8 Å². The van der Waals surface area contributed by atoms with E-state index in [1.165, 1.54) is 0 Å². The first-order valence-corrected chi connectivity index (χ1v) is 5.93. The van der Waals surface area contributed by atoms with E-state index in [2.05, 4.69) is 5.32 Å². The van der Waals surface area contributed by atoms with Crippen molar-refractivity contribution >= 4 is 5.69 Å². The van der Waals surface area contributed by atoms with Gasteiger partial charge in [-0.05, 0) is 31.7 Å². The van der Waals surface area contributed by atoms with Gasteiger partial charge in [0.15, 0.2) is 0 Å². The van der Waals surface area contributed by atoms with Crippen LogP contribution in [0, 0.1) is 0 Å². The van der Waals surface area contributed by atoms with Crippen molar-refractivity contribution in [2.75, 3.05) is 5.32 Å². The molecule has 1 aliphatic rings. The lowest BCUT2D eigenvalue weighted by atomic mass is 9.93. The van der Waals surface area contributed by atoms with Gasteiger partial charge in [-0.2, -0.15) is 0 Å². The smallest absolute Gasteiger partial charge is 0.0701 e. The topological polar surface area (TPSA) is 52.5 Å². The van der Waals surface area contributed by atoms with E-state index in [0.717, 1.165) is 36.9 Å². The summed E-state index contributed by atoms with van der Waals surface area (Å²) in [6, 6.07) is 8.26. The van der Waals surface area contributed by atoms with E-state index < -0.39 is 0 Å². The lowest BCUT2D eigenvalue weighted by Crippen LogP contribution is -2.28. The van der Waals surface area contributed by atoms with Crippen molar-refractivity contribution in [1.29, 1.82) is 0 Å². The van der Waals surface area contributed by atoms with Crippen LogP contribution >= 0.6 is 0 Å². The Morgan fingerprint density at radius 3 is 2.50 bits per heavy atom. The first-order chi connectivity index (χ1) is 7.79. The van der Waals surface area contributed by atoms with Gasteiger partial charge in [0.05, 0.1) is 12.7 Å². The normalized spacial score (nSPS) is 25.4. The molecule has 1 aliphatic carbocycles. The number of hydrogen-bond donors (Lipinski definition) is 3. The molecule has 3 nitrogen and oxygen atoms in total. The summed E-state index contributed by atoms with van der Waals surface area (Å²) in [5.74, 6) is 0. The van der Waals surface area contributed by atoms with Crippen molar-refractivity contribution in [2.24, 2.45) is 0 Å². The Morgan fingerprint density at radius 1 is 1.12 bits per heavy atom. The average molecular weight is 221 g/mol. The molecule has 1 saturated carbocycles. The Bertz CT molecular complexity index is 332. The summed E-state index contributed by atoms with van der Waals surface area (Å²) in [5, 5.41) is 22.1. The van der Waals surface area contributed by atoms with Crippen LogP contribution in [0.1, 0.15) is 31.2 Å². The molecule has 3 heteroatoms. The summed E-state index contributed by atoms with van der Waals surface area (Å²) in [5.41, 5.74) is 1.96. The van der Waals surface area contributed by atoms with Crippen molar-refractivity contribution in [2.45, 2.75) is 44.4 Å². The first kappa shape index (κ1) is 11.4. The zero-order valence-corrected chi connectivity index (χ0v) is 9.39. The fourth-order valence-electron chi connectivity index (χ4n) is 2.24. The summed E-state index contributed by atoms with van der Waals surface area (Å²) in [4.78, 5) is 0. The highest BCUT2D eigenvalue weighted by molar-refractivity contribution is 5.51. The maximum absolute atomic E-state index is 9.43. The largest absolute Gasteiger partial charge is 0.393 e. The molecule has 16 heavy (non-hydrogen) atoms. The molecule has 1 aromatic rings. The minimum Gasteiger partial charge on any atom is -0.393 e. The predicted octanol–water partition coefficient (Wildman–Crippen LogP) is 1.89. The van der Waals surface area contributed by atoms with E-state index in [1.54, 1.807) is 0 Å². The number of benzene rings is 1. The van der Waals surface area contributed by atoms with Crippen LogP contribution in [0.5, 0.6) is 0 Å². The molecule has 1 aromatic carbocycles. The molecule has 0 atom stereocenters. The van der Waals surface area contributed by atoms with Gasteiger partial charge in [-0.15, -0.1) is 0 Å². The molecule has 1 fully saturated rings. The van der Waals surface area contributed by atoms with Gasteiger partial charge >= 0.3 is 0 Å². The molecule has 0 spiro atoms. The Morgan fingerprint density at radius 2 is 1.81 bits per heavy atom. The van der Waals surface area contributed by atoms with Crippen molar-refractivity contribution < 1.29 is 10.2 Å². The van der Waals surface area contributed by atoms with E-state index in [9.17, 15) is 10.2 Å². The van der Waals surface area contributed by atoms with E-state index in [1.807, 2.05) is 24.3 Å². The van der Waals surface area contributed by atoms with Crippen molar-refractivity contribution in [3.8, 4) is 0 Å². The highest BCUT2D eigenvalue weighted by Gasteiger charge is 2.19. The van der Waals surface area contributed by atoms with Gasteiger partial charge in [-0.25, -0.2) is 0 Å². The van der Waals surface area contributed by atoms with Gasteiger partial charge in [-0.1, -0.05) is 18.2 Å². The lowest BCUT2D eigenvalue weighted by Gasteiger charge is -2.27. The van der Waals surface area contributed by atoms with Crippen molar-refractivity contribution in [1.82, 2.24) is 0 Å². The van der Waals surface area contributed by atoms with E-state index >= 15 is 0 Å². The van der Waals surface area contributed by atoms with Gasteiger partial charge in [0.25, 0.3) is 0 Å². The Hall–Kier alpha value is -1.06. The minimum absolute atomic E-state index is 0.0680. The van der Waals surface area contributed by atoms with Crippen molar-refractivity contribution in [3.63, 3.8) is 0 Å². The second kappa shape index (κ2) is 5.32. The van der Waals surface area contributed by atoms with Crippen LogP contribution in [0.25, 0.3) is 0 Å². The third-order valence-electron chi connectivity index (χ3n) is 3.24. The number of rotatable bonds is 3. The van der Waals surface area contributed by atoms with Gasteiger partial charge in [0.2, 0.25) is 0 Å². The average Bonchev–Trinajstić information content (AvgIpc) is 2.33. The van der Waals surface area contributed by atoms with E-state index in [4.69, 9.17) is 0 Å². The van der Waals surface area contributed by atoms with Crippen LogP contribution in [0.3, 0.4) is 0 Å². The second-order valence-corrected chi connectivity index (χ2v) is 4.47. The van der Waals surface area contributed by atoms with Gasteiger partial charge in [0.1, 0.15) is 0 Å². The predicted molar refractivity (Wildman–Crippen MR) is 64.3 cm³/mol.